The second-order valence-corrected chi connectivity index (χ2v) is 5.71. The zero-order chi connectivity index (χ0) is 13.7. The SMILES string of the molecule is CC1CCC(C(=O)NCCOC2CCC(N)CC2)O1. The maximum Gasteiger partial charge on any atom is 0.249 e. The Morgan fingerprint density at radius 3 is 2.63 bits per heavy atom. The van der Waals surface area contributed by atoms with Crippen molar-refractivity contribution in [3.05, 3.63) is 0 Å². The normalized spacial score (nSPS) is 35.3. The van der Waals surface area contributed by atoms with E-state index in [4.69, 9.17) is 15.2 Å². The molecule has 2 fully saturated rings. The van der Waals surface area contributed by atoms with Crippen LogP contribution in [0.15, 0.2) is 0 Å². The third kappa shape index (κ3) is 4.75. The van der Waals surface area contributed by atoms with Gasteiger partial charge in [0.25, 0.3) is 0 Å². The van der Waals surface area contributed by atoms with E-state index in [9.17, 15) is 4.79 Å². The lowest BCUT2D eigenvalue weighted by Crippen LogP contribution is -2.37. The summed E-state index contributed by atoms with van der Waals surface area (Å²) < 4.78 is 11.3. The molecule has 0 aromatic carbocycles. The van der Waals surface area contributed by atoms with Gasteiger partial charge < -0.3 is 20.5 Å². The van der Waals surface area contributed by atoms with Crippen LogP contribution in [0.5, 0.6) is 0 Å². The van der Waals surface area contributed by atoms with Crippen molar-refractivity contribution in [1.82, 2.24) is 5.32 Å². The van der Waals surface area contributed by atoms with Crippen LogP contribution in [-0.4, -0.2) is 43.4 Å². The number of amides is 1. The van der Waals surface area contributed by atoms with E-state index in [0.29, 0.717) is 25.3 Å². The molecule has 2 rings (SSSR count). The molecule has 3 N–H and O–H groups in total. The van der Waals surface area contributed by atoms with Gasteiger partial charge in [-0.25, -0.2) is 0 Å². The zero-order valence-electron chi connectivity index (χ0n) is 11.8. The van der Waals surface area contributed by atoms with Gasteiger partial charge in [0, 0.05) is 12.6 Å². The lowest BCUT2D eigenvalue weighted by molar-refractivity contribution is -0.132. The predicted molar refractivity (Wildman–Crippen MR) is 72.8 cm³/mol. The van der Waals surface area contributed by atoms with E-state index in [1.165, 1.54) is 0 Å². The van der Waals surface area contributed by atoms with Gasteiger partial charge in [-0.2, -0.15) is 0 Å². The maximum absolute atomic E-state index is 11.8. The highest BCUT2D eigenvalue weighted by Crippen LogP contribution is 2.20. The van der Waals surface area contributed by atoms with Gasteiger partial charge in [0.15, 0.2) is 0 Å². The Kier molecular flexibility index (Phi) is 5.60. The van der Waals surface area contributed by atoms with E-state index in [2.05, 4.69) is 5.32 Å². The summed E-state index contributed by atoms with van der Waals surface area (Å²) in [4.78, 5) is 11.8. The van der Waals surface area contributed by atoms with Gasteiger partial charge in [-0.3, -0.25) is 4.79 Å². The molecule has 110 valence electrons. The van der Waals surface area contributed by atoms with Gasteiger partial charge >= 0.3 is 0 Å². The zero-order valence-corrected chi connectivity index (χ0v) is 11.8. The minimum absolute atomic E-state index is 0.00128. The Morgan fingerprint density at radius 1 is 1.26 bits per heavy atom. The van der Waals surface area contributed by atoms with Crippen LogP contribution in [0.1, 0.15) is 45.4 Å². The van der Waals surface area contributed by atoms with Crippen molar-refractivity contribution in [3.8, 4) is 0 Å². The Balaban J connectivity index is 1.53. The molecule has 5 heteroatoms. The van der Waals surface area contributed by atoms with Crippen LogP contribution in [0.4, 0.5) is 0 Å². The molecule has 1 saturated heterocycles. The maximum atomic E-state index is 11.8. The molecule has 1 saturated carbocycles. The molecule has 0 spiro atoms. The Bertz CT molecular complexity index is 290. The van der Waals surface area contributed by atoms with Crippen molar-refractivity contribution in [3.63, 3.8) is 0 Å². The van der Waals surface area contributed by atoms with Crippen LogP contribution in [0.25, 0.3) is 0 Å². The van der Waals surface area contributed by atoms with Crippen molar-refractivity contribution in [2.75, 3.05) is 13.2 Å². The summed E-state index contributed by atoms with van der Waals surface area (Å²) in [7, 11) is 0. The fourth-order valence-corrected chi connectivity index (χ4v) is 2.76. The molecule has 2 atom stereocenters. The average molecular weight is 270 g/mol. The molecule has 1 aliphatic carbocycles. The number of carbonyl (C=O) groups is 1. The second kappa shape index (κ2) is 7.22. The van der Waals surface area contributed by atoms with E-state index in [1.807, 2.05) is 6.92 Å². The molecule has 19 heavy (non-hydrogen) atoms. The Morgan fingerprint density at radius 2 is 2.00 bits per heavy atom. The molecular formula is C14H26N2O3. The smallest absolute Gasteiger partial charge is 0.249 e. The van der Waals surface area contributed by atoms with E-state index in [1.54, 1.807) is 0 Å². The first-order valence-electron chi connectivity index (χ1n) is 7.45. The molecule has 1 heterocycles. The quantitative estimate of drug-likeness (QED) is 0.730. The van der Waals surface area contributed by atoms with Crippen LogP contribution in [0, 0.1) is 0 Å². The van der Waals surface area contributed by atoms with Gasteiger partial charge in [0.2, 0.25) is 5.91 Å². The molecule has 0 bridgehead atoms. The molecule has 1 amide bonds. The predicted octanol–water partition coefficient (Wildman–Crippen LogP) is 0.957. The summed E-state index contributed by atoms with van der Waals surface area (Å²) in [5.41, 5.74) is 5.85. The molecule has 2 unspecified atom stereocenters. The number of nitrogens with one attached hydrogen (secondary N) is 1. The first-order valence-corrected chi connectivity index (χ1v) is 7.45. The van der Waals surface area contributed by atoms with E-state index >= 15 is 0 Å². The molecule has 5 nitrogen and oxygen atoms in total. The van der Waals surface area contributed by atoms with Crippen molar-refractivity contribution >= 4 is 5.91 Å². The third-order valence-corrected chi connectivity index (χ3v) is 4.00. The van der Waals surface area contributed by atoms with Gasteiger partial charge in [-0.15, -0.1) is 0 Å². The van der Waals surface area contributed by atoms with Crippen LogP contribution in [0.2, 0.25) is 0 Å². The van der Waals surface area contributed by atoms with Gasteiger partial charge in [0.05, 0.1) is 18.8 Å². The first kappa shape index (κ1) is 14.8. The monoisotopic (exact) mass is 270 g/mol. The van der Waals surface area contributed by atoms with Crippen molar-refractivity contribution in [2.45, 2.75) is 69.8 Å². The minimum Gasteiger partial charge on any atom is -0.376 e. The van der Waals surface area contributed by atoms with Crippen LogP contribution >= 0.6 is 0 Å². The Labute approximate surface area is 115 Å². The van der Waals surface area contributed by atoms with Gasteiger partial charge in [-0.05, 0) is 45.4 Å². The van der Waals surface area contributed by atoms with Crippen molar-refractivity contribution in [1.29, 1.82) is 0 Å². The number of hydrogen-bond acceptors (Lipinski definition) is 4. The number of carbonyl (C=O) groups excluding carboxylic acids is 1. The third-order valence-electron chi connectivity index (χ3n) is 4.00. The van der Waals surface area contributed by atoms with E-state index < -0.39 is 0 Å². The highest BCUT2D eigenvalue weighted by atomic mass is 16.5. The summed E-state index contributed by atoms with van der Waals surface area (Å²) in [5, 5.41) is 2.88. The van der Waals surface area contributed by atoms with Crippen LogP contribution in [-0.2, 0) is 14.3 Å². The van der Waals surface area contributed by atoms with Crippen molar-refractivity contribution in [2.24, 2.45) is 5.73 Å². The highest BCUT2D eigenvalue weighted by Gasteiger charge is 2.27. The topological polar surface area (TPSA) is 73.6 Å². The number of hydrogen-bond donors (Lipinski definition) is 2. The molecule has 1 aliphatic heterocycles. The largest absolute Gasteiger partial charge is 0.376 e. The van der Waals surface area contributed by atoms with E-state index in [-0.39, 0.29) is 18.1 Å². The van der Waals surface area contributed by atoms with Crippen LogP contribution < -0.4 is 11.1 Å². The molecule has 0 aromatic heterocycles. The fraction of sp³-hybridized carbons (Fsp3) is 0.929. The molecule has 2 aliphatic rings. The summed E-state index contributed by atoms with van der Waals surface area (Å²) >= 11 is 0. The summed E-state index contributed by atoms with van der Waals surface area (Å²) in [6.07, 6.45) is 6.23. The van der Waals surface area contributed by atoms with Crippen LogP contribution in [0.3, 0.4) is 0 Å². The van der Waals surface area contributed by atoms with E-state index in [0.717, 1.165) is 38.5 Å². The number of rotatable bonds is 5. The minimum atomic E-state index is -0.261. The highest BCUT2D eigenvalue weighted by molar-refractivity contribution is 5.80. The first-order chi connectivity index (χ1) is 9.15. The summed E-state index contributed by atoms with van der Waals surface area (Å²) in [5.74, 6) is -0.00128. The van der Waals surface area contributed by atoms with Gasteiger partial charge in [-0.1, -0.05) is 0 Å². The standard InChI is InChI=1S/C14H26N2O3/c1-10-2-7-13(19-10)14(17)16-8-9-18-12-5-3-11(15)4-6-12/h10-13H,2-9,15H2,1H3,(H,16,17). The van der Waals surface area contributed by atoms with Gasteiger partial charge in [0.1, 0.15) is 6.10 Å². The average Bonchev–Trinajstić information content (AvgIpc) is 2.83. The Hall–Kier alpha value is -0.650. The fourth-order valence-electron chi connectivity index (χ4n) is 2.76. The summed E-state index contributed by atoms with van der Waals surface area (Å²) in [6, 6.07) is 0.348. The second-order valence-electron chi connectivity index (χ2n) is 5.71. The molecular weight excluding hydrogens is 244 g/mol. The number of nitrogens with two attached hydrogens (primary N) is 1. The summed E-state index contributed by atoms with van der Waals surface area (Å²) in [6.45, 7) is 3.15. The van der Waals surface area contributed by atoms with Crippen molar-refractivity contribution < 1.29 is 14.3 Å². The lowest BCUT2D eigenvalue weighted by atomic mass is 9.94. The lowest BCUT2D eigenvalue weighted by Gasteiger charge is -2.26. The molecule has 0 aromatic rings. The molecule has 0 radical (unpaired) electrons. The number of ether oxygens (including phenoxy) is 2.